The molecule has 2 saturated heterocycles. The van der Waals surface area contributed by atoms with Gasteiger partial charge in [-0.1, -0.05) is 19.1 Å². The fourth-order valence-corrected chi connectivity index (χ4v) is 4.10. The number of rotatable bonds is 17. The van der Waals surface area contributed by atoms with Gasteiger partial charge < -0.3 is 23.8 Å². The number of likely N-dealkylation sites (tertiary alicyclic amines) is 2. The Hall–Kier alpha value is -2.41. The van der Waals surface area contributed by atoms with E-state index in [4.69, 9.17) is 18.9 Å². The molecular formula is C24H39N5O7. The van der Waals surface area contributed by atoms with Gasteiger partial charge in [0.2, 0.25) is 17.7 Å². The minimum absolute atomic E-state index is 0.155. The van der Waals surface area contributed by atoms with Crippen LogP contribution < -0.4 is 0 Å². The monoisotopic (exact) mass is 509 g/mol. The average Bonchev–Trinajstić information content (AvgIpc) is 3.55. The van der Waals surface area contributed by atoms with Crippen molar-refractivity contribution in [2.45, 2.75) is 46.2 Å². The Morgan fingerprint density at radius 2 is 1.61 bits per heavy atom. The van der Waals surface area contributed by atoms with E-state index in [1.165, 1.54) is 4.90 Å². The zero-order chi connectivity index (χ0) is 25.8. The third kappa shape index (κ3) is 9.23. The number of aromatic nitrogens is 3. The minimum Gasteiger partial charge on any atom is -0.379 e. The molecule has 1 unspecified atom stereocenters. The molecule has 0 bridgehead atoms. The summed E-state index contributed by atoms with van der Waals surface area (Å²) >= 11 is 0. The number of nitrogens with zero attached hydrogens (tertiary/aromatic N) is 5. The molecule has 12 nitrogen and oxygen atoms in total. The van der Waals surface area contributed by atoms with Crippen LogP contribution in [-0.2, 0) is 46.4 Å². The van der Waals surface area contributed by atoms with Gasteiger partial charge >= 0.3 is 0 Å². The molecule has 3 rings (SSSR count). The van der Waals surface area contributed by atoms with E-state index in [9.17, 15) is 14.4 Å². The van der Waals surface area contributed by atoms with E-state index >= 15 is 0 Å². The first-order chi connectivity index (χ1) is 17.4. The molecule has 0 saturated carbocycles. The number of carbonyl (C=O) groups is 3. The Kier molecular flexibility index (Phi) is 11.7. The summed E-state index contributed by atoms with van der Waals surface area (Å²) in [5.74, 6) is 0.181. The lowest BCUT2D eigenvalue weighted by atomic mass is 10.1. The second-order valence-corrected chi connectivity index (χ2v) is 9.33. The Morgan fingerprint density at radius 3 is 2.19 bits per heavy atom. The van der Waals surface area contributed by atoms with Gasteiger partial charge in [-0.15, -0.1) is 5.10 Å². The van der Waals surface area contributed by atoms with Crippen LogP contribution in [0.2, 0.25) is 0 Å². The first-order valence-corrected chi connectivity index (χ1v) is 12.8. The van der Waals surface area contributed by atoms with Gasteiger partial charge in [-0.3, -0.25) is 19.3 Å². The standard InChI is InChI=1S/C24H39N5O7/c1-19-3-5-27(16-19)22(30)4-7-33-9-11-35-13-14-36-12-10-34-8-6-28-17-21(25-26-28)18-29-23(31)15-20(2)24(29)32/h17,19-20H,3-16,18H2,1-2H3/t19-,20?/m1/s1. The highest BCUT2D eigenvalue weighted by atomic mass is 16.6. The number of ether oxygens (including phenoxy) is 4. The molecule has 0 spiro atoms. The van der Waals surface area contributed by atoms with E-state index < -0.39 is 0 Å². The molecule has 2 fully saturated rings. The van der Waals surface area contributed by atoms with Crippen LogP contribution in [0.5, 0.6) is 0 Å². The molecule has 1 aromatic heterocycles. The SMILES string of the molecule is CC1CC(=O)N(Cc2cn(CCOCCOCCOCCOCCC(=O)N3CC[C@@H](C)C3)nn2)C1=O. The van der Waals surface area contributed by atoms with Crippen molar-refractivity contribution in [3.05, 3.63) is 11.9 Å². The summed E-state index contributed by atoms with van der Waals surface area (Å²) in [4.78, 5) is 39.0. The molecule has 12 heteroatoms. The van der Waals surface area contributed by atoms with Crippen molar-refractivity contribution in [3.8, 4) is 0 Å². The lowest BCUT2D eigenvalue weighted by Gasteiger charge is -2.15. The number of imide groups is 1. The Bertz CT molecular complexity index is 849. The summed E-state index contributed by atoms with van der Waals surface area (Å²) in [5, 5.41) is 8.04. The molecule has 1 aromatic rings. The summed E-state index contributed by atoms with van der Waals surface area (Å²) in [7, 11) is 0. The smallest absolute Gasteiger partial charge is 0.232 e. The number of carbonyl (C=O) groups excluding carboxylic acids is 3. The molecule has 2 aliphatic heterocycles. The first-order valence-electron chi connectivity index (χ1n) is 12.8. The zero-order valence-electron chi connectivity index (χ0n) is 21.4. The molecule has 3 amide bonds. The van der Waals surface area contributed by atoms with E-state index in [2.05, 4.69) is 17.2 Å². The molecule has 202 valence electrons. The molecule has 36 heavy (non-hydrogen) atoms. The normalized spacial score (nSPS) is 20.2. The largest absolute Gasteiger partial charge is 0.379 e. The summed E-state index contributed by atoms with van der Waals surface area (Å²) < 4.78 is 23.6. The van der Waals surface area contributed by atoms with Crippen molar-refractivity contribution in [2.75, 3.05) is 65.9 Å². The van der Waals surface area contributed by atoms with Gasteiger partial charge in [0, 0.05) is 25.4 Å². The van der Waals surface area contributed by atoms with Crippen LogP contribution in [-0.4, -0.2) is 108 Å². The van der Waals surface area contributed by atoms with E-state index in [0.29, 0.717) is 77.4 Å². The minimum atomic E-state index is -0.264. The van der Waals surface area contributed by atoms with E-state index in [0.717, 1.165) is 19.5 Å². The van der Waals surface area contributed by atoms with Crippen LogP contribution in [0.3, 0.4) is 0 Å². The Labute approximate surface area is 212 Å². The highest BCUT2D eigenvalue weighted by Gasteiger charge is 2.35. The molecule has 0 aromatic carbocycles. The van der Waals surface area contributed by atoms with E-state index in [1.54, 1.807) is 17.8 Å². The zero-order valence-corrected chi connectivity index (χ0v) is 21.4. The number of amides is 3. The van der Waals surface area contributed by atoms with Crippen molar-refractivity contribution >= 4 is 17.7 Å². The fourth-order valence-electron chi connectivity index (χ4n) is 4.10. The molecule has 3 heterocycles. The molecule has 2 aliphatic rings. The van der Waals surface area contributed by atoms with E-state index in [1.807, 2.05) is 4.90 Å². The third-order valence-corrected chi connectivity index (χ3v) is 6.19. The van der Waals surface area contributed by atoms with Gasteiger partial charge in [0.15, 0.2) is 0 Å². The maximum atomic E-state index is 12.0. The van der Waals surface area contributed by atoms with Crippen molar-refractivity contribution in [1.82, 2.24) is 24.8 Å². The fraction of sp³-hybridized carbons (Fsp3) is 0.792. The quantitative estimate of drug-likeness (QED) is 0.218. The maximum absolute atomic E-state index is 12.0. The summed E-state index contributed by atoms with van der Waals surface area (Å²) in [6.45, 7) is 9.95. The van der Waals surface area contributed by atoms with Crippen LogP contribution >= 0.6 is 0 Å². The van der Waals surface area contributed by atoms with Gasteiger partial charge in [0.25, 0.3) is 0 Å². The highest BCUT2D eigenvalue weighted by molar-refractivity contribution is 6.03. The molecular weight excluding hydrogens is 470 g/mol. The molecule has 0 N–H and O–H groups in total. The lowest BCUT2D eigenvalue weighted by Crippen LogP contribution is -2.29. The van der Waals surface area contributed by atoms with Gasteiger partial charge in [0.05, 0.1) is 78.6 Å². The predicted molar refractivity (Wildman–Crippen MR) is 128 cm³/mol. The first kappa shape index (κ1) is 28.2. The molecule has 2 atom stereocenters. The lowest BCUT2D eigenvalue weighted by molar-refractivity contribution is -0.140. The van der Waals surface area contributed by atoms with Crippen LogP contribution in [0.1, 0.15) is 38.8 Å². The number of hydrogen-bond acceptors (Lipinski definition) is 9. The van der Waals surface area contributed by atoms with Crippen LogP contribution in [0.4, 0.5) is 0 Å². The number of hydrogen-bond donors (Lipinski definition) is 0. The van der Waals surface area contributed by atoms with Crippen molar-refractivity contribution < 1.29 is 33.3 Å². The topological polar surface area (TPSA) is 125 Å². The summed E-state index contributed by atoms with van der Waals surface area (Å²) in [6, 6.07) is 0. The Balaban J connectivity index is 1.09. The summed E-state index contributed by atoms with van der Waals surface area (Å²) in [6.07, 6.45) is 3.49. The highest BCUT2D eigenvalue weighted by Crippen LogP contribution is 2.20. The average molecular weight is 510 g/mol. The molecule has 0 radical (unpaired) electrons. The molecule has 0 aliphatic carbocycles. The third-order valence-electron chi connectivity index (χ3n) is 6.19. The van der Waals surface area contributed by atoms with Crippen LogP contribution in [0.15, 0.2) is 6.20 Å². The van der Waals surface area contributed by atoms with Gasteiger partial charge in [-0.05, 0) is 12.3 Å². The predicted octanol–water partition coefficient (Wildman–Crippen LogP) is 0.498. The van der Waals surface area contributed by atoms with Crippen LogP contribution in [0.25, 0.3) is 0 Å². The van der Waals surface area contributed by atoms with Gasteiger partial charge in [-0.2, -0.15) is 0 Å². The van der Waals surface area contributed by atoms with Gasteiger partial charge in [0.1, 0.15) is 5.69 Å². The van der Waals surface area contributed by atoms with Crippen LogP contribution in [0, 0.1) is 11.8 Å². The van der Waals surface area contributed by atoms with Gasteiger partial charge in [-0.25, -0.2) is 4.68 Å². The maximum Gasteiger partial charge on any atom is 0.232 e. The van der Waals surface area contributed by atoms with Crippen molar-refractivity contribution in [2.24, 2.45) is 11.8 Å². The van der Waals surface area contributed by atoms with E-state index in [-0.39, 0.29) is 36.6 Å². The van der Waals surface area contributed by atoms with Crippen molar-refractivity contribution in [3.63, 3.8) is 0 Å². The van der Waals surface area contributed by atoms with Crippen molar-refractivity contribution in [1.29, 1.82) is 0 Å². The summed E-state index contributed by atoms with van der Waals surface area (Å²) in [5.41, 5.74) is 0.574. The Morgan fingerprint density at radius 1 is 0.972 bits per heavy atom. The second-order valence-electron chi connectivity index (χ2n) is 9.33. The second kappa shape index (κ2) is 15.0.